The van der Waals surface area contributed by atoms with Crippen LogP contribution in [0.4, 0.5) is 0 Å². The topological polar surface area (TPSA) is 21.3 Å². The van der Waals surface area contributed by atoms with Crippen molar-refractivity contribution >= 4 is 0 Å². The highest BCUT2D eigenvalue weighted by Gasteiger charge is 2.35. The van der Waals surface area contributed by atoms with E-state index in [0.717, 1.165) is 32.6 Å². The van der Waals surface area contributed by atoms with E-state index in [-0.39, 0.29) is 11.0 Å². The molecule has 2 rings (SSSR count). The molecule has 0 aliphatic carbocycles. The summed E-state index contributed by atoms with van der Waals surface area (Å²) in [6.07, 6.45) is 2.22. The molecule has 0 saturated carbocycles. The maximum Gasteiger partial charge on any atom is 0.0475 e. The van der Waals surface area contributed by atoms with E-state index >= 15 is 0 Å². The Hall–Kier alpha value is -0.860. The van der Waals surface area contributed by atoms with Gasteiger partial charge in [-0.15, -0.1) is 0 Å². The Bertz CT molecular complexity index is 396. The molecule has 1 saturated heterocycles. The monoisotopic (exact) mass is 261 g/mol. The first-order valence-corrected chi connectivity index (χ1v) is 7.31. The standard InChI is InChI=1S/C17H27NO/c1-14-5-7-15(8-6-14)17(9-11-19-12-10-17)13-18-16(2,3)4/h5-8,18H,9-13H2,1-4H3. The number of hydrogen-bond donors (Lipinski definition) is 1. The van der Waals surface area contributed by atoms with Crippen molar-refractivity contribution in [2.24, 2.45) is 0 Å². The van der Waals surface area contributed by atoms with Crippen LogP contribution < -0.4 is 5.32 Å². The lowest BCUT2D eigenvalue weighted by Crippen LogP contribution is -2.48. The van der Waals surface area contributed by atoms with Gasteiger partial charge in [-0.3, -0.25) is 0 Å². The van der Waals surface area contributed by atoms with Crippen LogP contribution in [0.2, 0.25) is 0 Å². The fraction of sp³-hybridized carbons (Fsp3) is 0.647. The summed E-state index contributed by atoms with van der Waals surface area (Å²) in [4.78, 5) is 0. The Kier molecular flexibility index (Phi) is 4.32. The summed E-state index contributed by atoms with van der Waals surface area (Å²) in [6.45, 7) is 11.6. The first-order chi connectivity index (χ1) is 8.91. The SMILES string of the molecule is Cc1ccc(C2(CNC(C)(C)C)CCOCC2)cc1. The molecular weight excluding hydrogens is 234 g/mol. The quantitative estimate of drug-likeness (QED) is 0.900. The van der Waals surface area contributed by atoms with E-state index in [1.165, 1.54) is 11.1 Å². The molecule has 0 aromatic heterocycles. The minimum Gasteiger partial charge on any atom is -0.381 e. The van der Waals surface area contributed by atoms with Crippen LogP contribution in [0.1, 0.15) is 44.7 Å². The molecule has 1 aliphatic rings. The molecule has 106 valence electrons. The van der Waals surface area contributed by atoms with Crippen LogP contribution in [-0.4, -0.2) is 25.3 Å². The Morgan fingerprint density at radius 2 is 1.68 bits per heavy atom. The third kappa shape index (κ3) is 3.80. The Labute approximate surface area is 117 Å². The maximum absolute atomic E-state index is 5.57. The number of ether oxygens (including phenoxy) is 1. The summed E-state index contributed by atoms with van der Waals surface area (Å²) in [5, 5.41) is 3.69. The van der Waals surface area contributed by atoms with E-state index in [0.29, 0.717) is 0 Å². The summed E-state index contributed by atoms with van der Waals surface area (Å²) in [6, 6.07) is 9.04. The van der Waals surface area contributed by atoms with Crippen LogP contribution in [0.3, 0.4) is 0 Å². The summed E-state index contributed by atoms with van der Waals surface area (Å²) >= 11 is 0. The molecule has 2 heteroatoms. The van der Waals surface area contributed by atoms with Gasteiger partial charge in [0.1, 0.15) is 0 Å². The second-order valence-electron chi connectivity index (χ2n) is 6.86. The summed E-state index contributed by atoms with van der Waals surface area (Å²) < 4.78 is 5.57. The van der Waals surface area contributed by atoms with E-state index in [2.05, 4.69) is 57.3 Å². The Morgan fingerprint density at radius 3 is 2.21 bits per heavy atom. The van der Waals surface area contributed by atoms with Crippen molar-refractivity contribution in [3.63, 3.8) is 0 Å². The normalized spacial score (nSPS) is 19.4. The van der Waals surface area contributed by atoms with Gasteiger partial charge in [-0.2, -0.15) is 0 Å². The predicted molar refractivity (Wildman–Crippen MR) is 80.7 cm³/mol. The number of benzene rings is 1. The third-order valence-corrected chi connectivity index (χ3v) is 4.07. The van der Waals surface area contributed by atoms with Crippen molar-refractivity contribution in [2.45, 2.75) is 51.5 Å². The summed E-state index contributed by atoms with van der Waals surface area (Å²) in [5.41, 5.74) is 3.18. The number of rotatable bonds is 3. The zero-order valence-corrected chi connectivity index (χ0v) is 12.8. The third-order valence-electron chi connectivity index (χ3n) is 4.07. The maximum atomic E-state index is 5.57. The van der Waals surface area contributed by atoms with Crippen molar-refractivity contribution in [1.82, 2.24) is 5.32 Å². The molecule has 1 heterocycles. The number of aryl methyl sites for hydroxylation is 1. The van der Waals surface area contributed by atoms with Crippen LogP contribution >= 0.6 is 0 Å². The average molecular weight is 261 g/mol. The summed E-state index contributed by atoms with van der Waals surface area (Å²) in [5.74, 6) is 0. The van der Waals surface area contributed by atoms with Gasteiger partial charge in [0.15, 0.2) is 0 Å². The van der Waals surface area contributed by atoms with Gasteiger partial charge in [0.2, 0.25) is 0 Å². The predicted octanol–water partition coefficient (Wildman–Crippen LogP) is 3.43. The molecular formula is C17H27NO. The van der Waals surface area contributed by atoms with Gasteiger partial charge >= 0.3 is 0 Å². The second-order valence-corrected chi connectivity index (χ2v) is 6.86. The molecule has 0 atom stereocenters. The Balaban J connectivity index is 2.21. The highest BCUT2D eigenvalue weighted by molar-refractivity contribution is 5.30. The van der Waals surface area contributed by atoms with E-state index in [9.17, 15) is 0 Å². The van der Waals surface area contributed by atoms with Crippen molar-refractivity contribution in [3.8, 4) is 0 Å². The number of hydrogen-bond acceptors (Lipinski definition) is 2. The molecule has 0 amide bonds. The second kappa shape index (κ2) is 5.64. The molecule has 1 fully saturated rings. The molecule has 0 bridgehead atoms. The fourth-order valence-corrected chi connectivity index (χ4v) is 2.67. The van der Waals surface area contributed by atoms with Gasteiger partial charge in [-0.1, -0.05) is 29.8 Å². The van der Waals surface area contributed by atoms with Crippen LogP contribution in [0, 0.1) is 6.92 Å². The smallest absolute Gasteiger partial charge is 0.0475 e. The van der Waals surface area contributed by atoms with Crippen LogP contribution in [0.15, 0.2) is 24.3 Å². The van der Waals surface area contributed by atoms with Crippen LogP contribution in [-0.2, 0) is 10.2 Å². The molecule has 0 spiro atoms. The summed E-state index contributed by atoms with van der Waals surface area (Å²) in [7, 11) is 0. The molecule has 1 N–H and O–H groups in total. The molecule has 2 nitrogen and oxygen atoms in total. The molecule has 0 radical (unpaired) electrons. The number of nitrogens with one attached hydrogen (secondary N) is 1. The van der Waals surface area contributed by atoms with E-state index in [1.54, 1.807) is 0 Å². The highest BCUT2D eigenvalue weighted by Crippen LogP contribution is 2.34. The van der Waals surface area contributed by atoms with Gasteiger partial charge in [0, 0.05) is 30.7 Å². The minimum atomic E-state index is 0.163. The molecule has 0 unspecified atom stereocenters. The van der Waals surface area contributed by atoms with Crippen LogP contribution in [0.25, 0.3) is 0 Å². The van der Waals surface area contributed by atoms with Crippen molar-refractivity contribution < 1.29 is 4.74 Å². The van der Waals surface area contributed by atoms with E-state index in [1.807, 2.05) is 0 Å². The molecule has 1 aromatic carbocycles. The lowest BCUT2D eigenvalue weighted by molar-refractivity contribution is 0.0476. The molecule has 1 aromatic rings. The highest BCUT2D eigenvalue weighted by atomic mass is 16.5. The van der Waals surface area contributed by atoms with Crippen molar-refractivity contribution in [3.05, 3.63) is 35.4 Å². The largest absolute Gasteiger partial charge is 0.381 e. The van der Waals surface area contributed by atoms with E-state index in [4.69, 9.17) is 4.74 Å². The zero-order chi connectivity index (χ0) is 13.9. The van der Waals surface area contributed by atoms with E-state index < -0.39 is 0 Å². The van der Waals surface area contributed by atoms with Gasteiger partial charge < -0.3 is 10.1 Å². The molecule has 19 heavy (non-hydrogen) atoms. The van der Waals surface area contributed by atoms with Crippen molar-refractivity contribution in [1.29, 1.82) is 0 Å². The van der Waals surface area contributed by atoms with Crippen molar-refractivity contribution in [2.75, 3.05) is 19.8 Å². The van der Waals surface area contributed by atoms with Crippen LogP contribution in [0.5, 0.6) is 0 Å². The lowest BCUT2D eigenvalue weighted by Gasteiger charge is -2.40. The first kappa shape index (κ1) is 14.5. The minimum absolute atomic E-state index is 0.163. The molecule has 1 aliphatic heterocycles. The lowest BCUT2D eigenvalue weighted by atomic mass is 9.73. The van der Waals surface area contributed by atoms with Gasteiger partial charge in [-0.25, -0.2) is 0 Å². The fourth-order valence-electron chi connectivity index (χ4n) is 2.67. The zero-order valence-electron chi connectivity index (χ0n) is 12.8. The Morgan fingerprint density at radius 1 is 1.11 bits per heavy atom. The van der Waals surface area contributed by atoms with Gasteiger partial charge in [-0.05, 0) is 46.1 Å². The van der Waals surface area contributed by atoms with Gasteiger partial charge in [0.05, 0.1) is 0 Å². The first-order valence-electron chi connectivity index (χ1n) is 7.31. The van der Waals surface area contributed by atoms with Gasteiger partial charge in [0.25, 0.3) is 0 Å². The average Bonchev–Trinajstić information content (AvgIpc) is 2.37.